The van der Waals surface area contributed by atoms with Gasteiger partial charge in [-0.3, -0.25) is 10.1 Å². The van der Waals surface area contributed by atoms with Gasteiger partial charge in [-0.25, -0.2) is 4.39 Å². The van der Waals surface area contributed by atoms with Crippen molar-refractivity contribution in [3.8, 4) is 0 Å². The average molecular weight is 237 g/mol. The van der Waals surface area contributed by atoms with E-state index in [2.05, 4.69) is 15.5 Å². The number of hydrogen-bond donors (Lipinski definition) is 1. The summed E-state index contributed by atoms with van der Waals surface area (Å²) in [4.78, 5) is 11.7. The molecule has 0 bridgehead atoms. The number of carbonyl (C=O) groups is 1. The predicted molar refractivity (Wildman–Crippen MR) is 59.0 cm³/mol. The molecule has 6 heteroatoms. The van der Waals surface area contributed by atoms with Crippen molar-refractivity contribution in [1.82, 2.24) is 10.2 Å². The molecule has 1 N–H and O–H groups in total. The van der Waals surface area contributed by atoms with Crippen molar-refractivity contribution in [2.45, 2.75) is 6.92 Å². The van der Waals surface area contributed by atoms with Crippen molar-refractivity contribution in [2.24, 2.45) is 0 Å². The highest BCUT2D eigenvalue weighted by molar-refractivity contribution is 7.13. The van der Waals surface area contributed by atoms with Gasteiger partial charge in [0.2, 0.25) is 5.13 Å². The lowest BCUT2D eigenvalue weighted by Gasteiger charge is -2.02. The molecule has 0 aliphatic rings. The lowest BCUT2D eigenvalue weighted by Crippen LogP contribution is -2.12. The molecule has 0 radical (unpaired) electrons. The maximum atomic E-state index is 13.0. The third-order valence-corrected chi connectivity index (χ3v) is 2.61. The molecular weight excluding hydrogens is 229 g/mol. The van der Waals surface area contributed by atoms with Crippen LogP contribution < -0.4 is 5.32 Å². The van der Waals surface area contributed by atoms with Gasteiger partial charge in [-0.15, -0.1) is 10.2 Å². The summed E-state index contributed by atoms with van der Waals surface area (Å²) in [5.74, 6) is -0.646. The fraction of sp³-hybridized carbons (Fsp3) is 0.100. The molecule has 0 unspecified atom stereocenters. The van der Waals surface area contributed by atoms with E-state index in [0.717, 1.165) is 0 Å². The van der Waals surface area contributed by atoms with E-state index < -0.39 is 0 Å². The zero-order chi connectivity index (χ0) is 11.5. The quantitative estimate of drug-likeness (QED) is 0.871. The Morgan fingerprint density at radius 1 is 1.50 bits per heavy atom. The van der Waals surface area contributed by atoms with E-state index in [4.69, 9.17) is 0 Å². The van der Waals surface area contributed by atoms with E-state index in [1.807, 2.05) is 0 Å². The minimum atomic E-state index is -0.326. The van der Waals surface area contributed by atoms with Gasteiger partial charge in [0, 0.05) is 5.56 Å². The summed E-state index contributed by atoms with van der Waals surface area (Å²) >= 11 is 1.23. The van der Waals surface area contributed by atoms with Crippen molar-refractivity contribution in [2.75, 3.05) is 5.32 Å². The Balaban J connectivity index is 2.18. The first-order valence-electron chi connectivity index (χ1n) is 4.50. The Morgan fingerprint density at radius 2 is 2.31 bits per heavy atom. The number of nitrogens with zero attached hydrogens (tertiary/aromatic N) is 2. The van der Waals surface area contributed by atoms with Gasteiger partial charge in [0.25, 0.3) is 5.91 Å². The lowest BCUT2D eigenvalue weighted by atomic mass is 10.1. The molecule has 2 rings (SSSR count). The smallest absolute Gasteiger partial charge is 0.257 e. The minimum Gasteiger partial charge on any atom is -0.296 e. The maximum absolute atomic E-state index is 13.0. The van der Waals surface area contributed by atoms with E-state index in [0.29, 0.717) is 16.3 Å². The average Bonchev–Trinajstić information content (AvgIpc) is 2.74. The van der Waals surface area contributed by atoms with Crippen LogP contribution in [0.1, 0.15) is 15.9 Å². The van der Waals surface area contributed by atoms with E-state index in [-0.39, 0.29) is 11.7 Å². The molecule has 0 atom stereocenters. The fourth-order valence-electron chi connectivity index (χ4n) is 1.18. The summed E-state index contributed by atoms with van der Waals surface area (Å²) in [5, 5.41) is 10.3. The Morgan fingerprint density at radius 3 is 2.94 bits per heavy atom. The Kier molecular flexibility index (Phi) is 2.91. The van der Waals surface area contributed by atoms with E-state index in [9.17, 15) is 9.18 Å². The molecule has 4 nitrogen and oxygen atoms in total. The van der Waals surface area contributed by atoms with Crippen molar-refractivity contribution in [3.63, 3.8) is 0 Å². The normalized spacial score (nSPS) is 10.1. The second-order valence-corrected chi connectivity index (χ2v) is 4.00. The molecule has 16 heavy (non-hydrogen) atoms. The van der Waals surface area contributed by atoms with Crippen molar-refractivity contribution < 1.29 is 9.18 Å². The van der Waals surface area contributed by atoms with Crippen LogP contribution >= 0.6 is 11.3 Å². The van der Waals surface area contributed by atoms with E-state index >= 15 is 0 Å². The van der Waals surface area contributed by atoms with E-state index in [1.165, 1.54) is 35.0 Å². The number of nitrogens with one attached hydrogen (secondary N) is 1. The van der Waals surface area contributed by atoms with Gasteiger partial charge >= 0.3 is 0 Å². The molecule has 2 aromatic rings. The largest absolute Gasteiger partial charge is 0.296 e. The number of amides is 1. The highest BCUT2D eigenvalue weighted by atomic mass is 32.1. The fourth-order valence-corrected chi connectivity index (χ4v) is 1.62. The Labute approximate surface area is 95.1 Å². The standard InChI is InChI=1S/C10H8FN3OS/c1-6-4-7(2-3-8(6)11)9(15)13-10-14-12-5-16-10/h2-5H,1H3,(H,13,14,15). The monoisotopic (exact) mass is 237 g/mol. The van der Waals surface area contributed by atoms with Crippen LogP contribution in [0.2, 0.25) is 0 Å². The molecule has 0 aliphatic heterocycles. The van der Waals surface area contributed by atoms with Gasteiger partial charge in [-0.1, -0.05) is 11.3 Å². The highest BCUT2D eigenvalue weighted by Crippen LogP contribution is 2.13. The first-order chi connectivity index (χ1) is 7.66. The van der Waals surface area contributed by atoms with Crippen LogP contribution in [0.3, 0.4) is 0 Å². The number of aryl methyl sites for hydroxylation is 1. The molecule has 0 saturated carbocycles. The molecule has 0 spiro atoms. The molecule has 1 amide bonds. The van der Waals surface area contributed by atoms with Gasteiger partial charge in [-0.05, 0) is 30.7 Å². The first-order valence-corrected chi connectivity index (χ1v) is 5.38. The third-order valence-electron chi connectivity index (χ3n) is 2.00. The maximum Gasteiger partial charge on any atom is 0.257 e. The Bertz CT molecular complexity index is 513. The molecule has 1 aromatic heterocycles. The van der Waals surface area contributed by atoms with Gasteiger partial charge in [0.15, 0.2) is 0 Å². The summed E-state index contributed by atoms with van der Waals surface area (Å²) in [7, 11) is 0. The van der Waals surface area contributed by atoms with Crippen molar-refractivity contribution in [1.29, 1.82) is 0 Å². The molecule has 0 fully saturated rings. The zero-order valence-electron chi connectivity index (χ0n) is 8.40. The van der Waals surface area contributed by atoms with Gasteiger partial charge < -0.3 is 0 Å². The van der Waals surface area contributed by atoms with Crippen molar-refractivity contribution >= 4 is 22.4 Å². The summed E-state index contributed by atoms with van der Waals surface area (Å²) in [6.45, 7) is 1.61. The van der Waals surface area contributed by atoms with Crippen LogP contribution in [-0.2, 0) is 0 Å². The molecule has 1 aromatic carbocycles. The van der Waals surface area contributed by atoms with Crippen LogP contribution in [0.25, 0.3) is 0 Å². The summed E-state index contributed by atoms with van der Waals surface area (Å²) < 4.78 is 13.0. The van der Waals surface area contributed by atoms with Crippen LogP contribution in [0, 0.1) is 12.7 Å². The van der Waals surface area contributed by atoms with Crippen molar-refractivity contribution in [3.05, 3.63) is 40.7 Å². The predicted octanol–water partition coefficient (Wildman–Crippen LogP) is 2.24. The molecule has 82 valence electrons. The number of carbonyl (C=O) groups excluding carboxylic acids is 1. The van der Waals surface area contributed by atoms with Gasteiger partial charge in [0.1, 0.15) is 11.3 Å². The van der Waals surface area contributed by atoms with Gasteiger partial charge in [0.05, 0.1) is 0 Å². The lowest BCUT2D eigenvalue weighted by molar-refractivity contribution is 0.102. The topological polar surface area (TPSA) is 54.9 Å². The summed E-state index contributed by atoms with van der Waals surface area (Å²) in [5.41, 5.74) is 2.35. The van der Waals surface area contributed by atoms with E-state index in [1.54, 1.807) is 6.92 Å². The molecule has 1 heterocycles. The number of hydrogen-bond acceptors (Lipinski definition) is 4. The van der Waals surface area contributed by atoms with Gasteiger partial charge in [-0.2, -0.15) is 0 Å². The summed E-state index contributed by atoms with van der Waals surface area (Å²) in [6.07, 6.45) is 0. The zero-order valence-corrected chi connectivity index (χ0v) is 9.21. The second kappa shape index (κ2) is 4.36. The number of anilines is 1. The van der Waals surface area contributed by atoms with Crippen LogP contribution in [0.5, 0.6) is 0 Å². The summed E-state index contributed by atoms with van der Waals surface area (Å²) in [6, 6.07) is 4.19. The number of rotatable bonds is 2. The Hall–Kier alpha value is -1.82. The number of halogens is 1. The number of benzene rings is 1. The second-order valence-electron chi connectivity index (χ2n) is 3.16. The molecular formula is C10H8FN3OS. The highest BCUT2D eigenvalue weighted by Gasteiger charge is 2.09. The van der Waals surface area contributed by atoms with Crippen LogP contribution in [0.15, 0.2) is 23.7 Å². The number of aromatic nitrogens is 2. The minimum absolute atomic E-state index is 0.320. The molecule has 0 saturated heterocycles. The van der Waals surface area contributed by atoms with Crippen LogP contribution in [0.4, 0.5) is 9.52 Å². The first kappa shape index (κ1) is 10.7. The molecule has 0 aliphatic carbocycles. The van der Waals surface area contributed by atoms with Crippen LogP contribution in [-0.4, -0.2) is 16.1 Å². The third kappa shape index (κ3) is 2.22. The SMILES string of the molecule is Cc1cc(C(=O)Nc2nncs2)ccc1F.